The first-order chi connectivity index (χ1) is 11.1. The van der Waals surface area contributed by atoms with Crippen LogP contribution in [0.2, 0.25) is 0 Å². The van der Waals surface area contributed by atoms with Gasteiger partial charge in [-0.25, -0.2) is 4.85 Å². The number of nitrogens with zero attached hydrogens (tertiary/aromatic N) is 2. The number of carbonyl (C=O) groups is 2. The Morgan fingerprint density at radius 1 is 1.29 bits per heavy atom. The van der Waals surface area contributed by atoms with Gasteiger partial charge in [-0.15, -0.1) is 0 Å². The van der Waals surface area contributed by atoms with E-state index in [0.717, 1.165) is 0 Å². The van der Waals surface area contributed by atoms with Gasteiger partial charge in [0.25, 0.3) is 5.70 Å². The summed E-state index contributed by atoms with van der Waals surface area (Å²) in [5, 5.41) is 9.72. The fourth-order valence-corrected chi connectivity index (χ4v) is 1.26. The third-order valence-electron chi connectivity index (χ3n) is 3.22. The molecule has 0 amide bonds. The molecule has 1 unspecified atom stereocenters. The molecule has 0 aliphatic rings. The lowest BCUT2D eigenvalue weighted by molar-refractivity contribution is -0.159. The first-order valence-electron chi connectivity index (χ1n) is 7.58. The van der Waals surface area contributed by atoms with E-state index in [0.29, 0.717) is 6.42 Å². The minimum atomic E-state index is -1.14. The summed E-state index contributed by atoms with van der Waals surface area (Å²) in [6.45, 7) is 11.7. The molecule has 0 fully saturated rings. The van der Waals surface area contributed by atoms with E-state index in [9.17, 15) is 14.7 Å². The molecular formula is C17H26N2O5. The number of hydrogen-bond acceptors (Lipinski definition) is 6. The summed E-state index contributed by atoms with van der Waals surface area (Å²) in [5.41, 5.74) is -0.834. The third-order valence-corrected chi connectivity index (χ3v) is 3.22. The van der Waals surface area contributed by atoms with Gasteiger partial charge >= 0.3 is 11.9 Å². The van der Waals surface area contributed by atoms with Crippen LogP contribution >= 0.6 is 0 Å². The zero-order valence-electron chi connectivity index (χ0n) is 14.9. The van der Waals surface area contributed by atoms with Crippen LogP contribution in [0.1, 0.15) is 27.2 Å². The van der Waals surface area contributed by atoms with Crippen molar-refractivity contribution in [2.24, 2.45) is 5.41 Å². The van der Waals surface area contributed by atoms with Gasteiger partial charge < -0.3 is 19.5 Å². The van der Waals surface area contributed by atoms with E-state index in [1.807, 2.05) is 6.92 Å². The van der Waals surface area contributed by atoms with Crippen LogP contribution in [0.15, 0.2) is 24.0 Å². The molecule has 0 aromatic heterocycles. The molecule has 0 radical (unpaired) electrons. The Morgan fingerprint density at radius 2 is 1.88 bits per heavy atom. The molecule has 0 rings (SSSR count). The van der Waals surface area contributed by atoms with Crippen LogP contribution in [0.3, 0.4) is 0 Å². The molecule has 0 aromatic rings. The summed E-state index contributed by atoms with van der Waals surface area (Å²) in [4.78, 5) is 28.3. The molecule has 134 valence electrons. The monoisotopic (exact) mass is 338 g/mol. The maximum absolute atomic E-state index is 11.8. The Balaban J connectivity index is 4.39. The molecule has 1 N–H and O–H groups in total. The van der Waals surface area contributed by atoms with E-state index in [-0.39, 0.29) is 18.9 Å². The predicted octanol–water partition coefficient (Wildman–Crippen LogP) is 1.75. The smallest absolute Gasteiger partial charge is 0.336 e. The van der Waals surface area contributed by atoms with Gasteiger partial charge in [-0.3, -0.25) is 9.59 Å². The van der Waals surface area contributed by atoms with Gasteiger partial charge in [0.15, 0.2) is 0 Å². The zero-order valence-corrected chi connectivity index (χ0v) is 14.9. The van der Waals surface area contributed by atoms with Crippen molar-refractivity contribution >= 4 is 11.9 Å². The second-order valence-corrected chi connectivity index (χ2v) is 6.06. The summed E-state index contributed by atoms with van der Waals surface area (Å²) >= 11 is 0. The van der Waals surface area contributed by atoms with Crippen molar-refractivity contribution < 1.29 is 24.2 Å². The fourth-order valence-electron chi connectivity index (χ4n) is 1.26. The minimum Gasteiger partial charge on any atom is -0.468 e. The number of hydrogen-bond donors (Lipinski definition) is 1. The molecule has 0 aliphatic carbocycles. The summed E-state index contributed by atoms with van der Waals surface area (Å²) in [7, 11) is 3.61. The number of allylic oxidation sites excluding steroid dienone is 2. The van der Waals surface area contributed by atoms with Crippen LogP contribution < -0.4 is 0 Å². The highest BCUT2D eigenvalue weighted by molar-refractivity contribution is 5.90. The largest absolute Gasteiger partial charge is 0.468 e. The number of ether oxygens (including phenoxy) is 2. The van der Waals surface area contributed by atoms with Crippen LogP contribution in [0.4, 0.5) is 0 Å². The number of esters is 2. The van der Waals surface area contributed by atoms with Crippen LogP contribution in [0, 0.1) is 12.0 Å². The molecule has 0 saturated carbocycles. The predicted molar refractivity (Wildman–Crippen MR) is 89.5 cm³/mol. The van der Waals surface area contributed by atoms with Crippen LogP contribution in [0.5, 0.6) is 0 Å². The Morgan fingerprint density at radius 3 is 2.38 bits per heavy atom. The topological polar surface area (TPSA) is 80.4 Å². The number of aliphatic hydroxyl groups excluding tert-OH is 1. The summed E-state index contributed by atoms with van der Waals surface area (Å²) in [6, 6.07) is 0. The Labute approximate surface area is 143 Å². The average molecular weight is 338 g/mol. The van der Waals surface area contributed by atoms with E-state index in [2.05, 4.69) is 4.85 Å². The molecule has 1 atom stereocenters. The zero-order chi connectivity index (χ0) is 18.8. The summed E-state index contributed by atoms with van der Waals surface area (Å²) in [6.07, 6.45) is 4.00. The Hall–Kier alpha value is -2.33. The maximum Gasteiger partial charge on any atom is 0.336 e. The van der Waals surface area contributed by atoms with Crippen molar-refractivity contribution in [3.05, 3.63) is 35.5 Å². The summed E-state index contributed by atoms with van der Waals surface area (Å²) in [5.74, 6) is -1.27. The van der Waals surface area contributed by atoms with Gasteiger partial charge in [0, 0.05) is 14.1 Å². The molecule has 0 heterocycles. The van der Waals surface area contributed by atoms with Crippen LogP contribution in [-0.4, -0.2) is 55.4 Å². The highest BCUT2D eigenvalue weighted by Crippen LogP contribution is 2.21. The number of rotatable bonds is 9. The first kappa shape index (κ1) is 21.7. The molecule has 24 heavy (non-hydrogen) atoms. The second kappa shape index (κ2) is 10.4. The molecule has 7 nitrogen and oxygen atoms in total. The highest BCUT2D eigenvalue weighted by atomic mass is 16.6. The van der Waals surface area contributed by atoms with Gasteiger partial charge in [-0.1, -0.05) is 13.0 Å². The molecule has 0 spiro atoms. The molecule has 0 aromatic carbocycles. The van der Waals surface area contributed by atoms with Crippen molar-refractivity contribution in [3.8, 4) is 0 Å². The SMILES string of the molecule is [C-]#[N+]C(=CC=CN(C)C)C(=O)OCC(O)COC(=O)C(C)(C)CC. The van der Waals surface area contributed by atoms with Gasteiger partial charge in [0.2, 0.25) is 0 Å². The quantitative estimate of drug-likeness (QED) is 0.299. The van der Waals surface area contributed by atoms with E-state index in [1.54, 1.807) is 45.1 Å². The first-order valence-corrected chi connectivity index (χ1v) is 7.58. The molecule has 0 bridgehead atoms. The minimum absolute atomic E-state index is 0.204. The molecule has 0 aliphatic heterocycles. The Bertz CT molecular complexity index is 530. The second-order valence-electron chi connectivity index (χ2n) is 6.06. The summed E-state index contributed by atoms with van der Waals surface area (Å²) < 4.78 is 9.85. The van der Waals surface area contributed by atoms with Gasteiger partial charge in [-0.2, -0.15) is 0 Å². The maximum atomic E-state index is 11.8. The standard InChI is InChI=1S/C17H26N2O5/c1-7-17(2,3)16(22)24-12-13(20)11-23-15(21)14(18-4)9-8-10-19(5)6/h8-10,13,20H,7,11-12H2,1-3,5-6H3. The van der Waals surface area contributed by atoms with Crippen molar-refractivity contribution in [1.29, 1.82) is 0 Å². The average Bonchev–Trinajstić information content (AvgIpc) is 2.53. The third kappa shape index (κ3) is 8.34. The van der Waals surface area contributed by atoms with Gasteiger partial charge in [0.05, 0.1) is 12.0 Å². The van der Waals surface area contributed by atoms with Crippen molar-refractivity contribution in [1.82, 2.24) is 4.90 Å². The van der Waals surface area contributed by atoms with E-state index in [1.165, 1.54) is 6.08 Å². The van der Waals surface area contributed by atoms with Gasteiger partial charge in [0.1, 0.15) is 19.3 Å². The normalized spacial score (nSPS) is 13.3. The van der Waals surface area contributed by atoms with E-state index >= 15 is 0 Å². The van der Waals surface area contributed by atoms with Crippen LogP contribution in [-0.2, 0) is 19.1 Å². The lowest BCUT2D eigenvalue weighted by Gasteiger charge is -2.21. The molecular weight excluding hydrogens is 312 g/mol. The lowest BCUT2D eigenvalue weighted by atomic mass is 9.91. The van der Waals surface area contributed by atoms with Gasteiger partial charge in [-0.05, 0) is 32.5 Å². The Kier molecular flexibility index (Phi) is 9.43. The van der Waals surface area contributed by atoms with E-state index in [4.69, 9.17) is 16.0 Å². The van der Waals surface area contributed by atoms with Crippen molar-refractivity contribution in [2.75, 3.05) is 27.3 Å². The number of aliphatic hydroxyl groups is 1. The lowest BCUT2D eigenvalue weighted by Crippen LogP contribution is -2.31. The van der Waals surface area contributed by atoms with Crippen molar-refractivity contribution in [3.63, 3.8) is 0 Å². The molecule has 7 heteroatoms. The van der Waals surface area contributed by atoms with Crippen molar-refractivity contribution in [2.45, 2.75) is 33.3 Å². The fraction of sp³-hybridized carbons (Fsp3) is 0.588. The van der Waals surface area contributed by atoms with E-state index < -0.39 is 23.5 Å². The number of carbonyl (C=O) groups excluding carboxylic acids is 2. The highest BCUT2D eigenvalue weighted by Gasteiger charge is 2.27. The van der Waals surface area contributed by atoms with Crippen LogP contribution in [0.25, 0.3) is 4.85 Å². The molecule has 0 saturated heterocycles.